The largest absolute Gasteiger partial charge is 1.00 e. The zero-order valence-electron chi connectivity index (χ0n) is 14.0. The summed E-state index contributed by atoms with van der Waals surface area (Å²) >= 11 is 1.85. The third-order valence-electron chi connectivity index (χ3n) is 4.36. The predicted molar refractivity (Wildman–Crippen MR) is 97.6 cm³/mol. The number of hydrogen-bond donors (Lipinski definition) is 0. The first-order valence-electron chi connectivity index (χ1n) is 8.27. The van der Waals surface area contributed by atoms with Crippen molar-refractivity contribution in [2.45, 2.75) is 24.7 Å². The van der Waals surface area contributed by atoms with Crippen molar-refractivity contribution in [2.24, 2.45) is 0 Å². The Morgan fingerprint density at radius 3 is 2.73 bits per heavy atom. The number of nitrogens with zero attached hydrogens (tertiary/aromatic N) is 3. The minimum atomic E-state index is -0.338. The molecule has 1 aromatic heterocycles. The van der Waals surface area contributed by atoms with Gasteiger partial charge in [-0.25, -0.2) is 9.13 Å². The lowest BCUT2D eigenvalue weighted by atomic mass is 10.1. The molecule has 0 amide bonds. The van der Waals surface area contributed by atoms with Crippen molar-refractivity contribution < 1.29 is 26.5 Å². The van der Waals surface area contributed by atoms with Crippen LogP contribution >= 0.6 is 11.8 Å². The van der Waals surface area contributed by atoms with Gasteiger partial charge in [-0.2, -0.15) is 0 Å². The Balaban J connectivity index is 0.00000196. The van der Waals surface area contributed by atoms with Crippen LogP contribution in [-0.2, 0) is 13.1 Å². The van der Waals surface area contributed by atoms with Crippen molar-refractivity contribution in [3.8, 4) is 11.3 Å². The highest BCUT2D eigenvalue weighted by Gasteiger charge is 2.28. The highest BCUT2D eigenvalue weighted by atomic mass is 79.9. The lowest BCUT2D eigenvalue weighted by molar-refractivity contribution is -0.734. The molecule has 0 saturated heterocycles. The van der Waals surface area contributed by atoms with E-state index in [-0.39, 0.29) is 27.6 Å². The molecule has 1 aliphatic heterocycles. The number of rotatable bonds is 4. The fraction of sp³-hybridized carbons (Fsp3) is 0.211. The van der Waals surface area contributed by atoms with Gasteiger partial charge in [-0.05, 0) is 23.7 Å². The van der Waals surface area contributed by atoms with Crippen LogP contribution in [0.25, 0.3) is 11.3 Å². The second-order valence-corrected chi connectivity index (χ2v) is 7.13. The van der Waals surface area contributed by atoms with E-state index in [9.17, 15) is 10.1 Å². The molecule has 0 atom stereocenters. The molecule has 0 fully saturated rings. The molecule has 26 heavy (non-hydrogen) atoms. The summed E-state index contributed by atoms with van der Waals surface area (Å²) in [6.07, 6.45) is 3.27. The van der Waals surface area contributed by atoms with Gasteiger partial charge in [0, 0.05) is 23.4 Å². The Morgan fingerprint density at radius 1 is 1.15 bits per heavy atom. The number of fused-ring (bicyclic) bond motifs is 1. The van der Waals surface area contributed by atoms with Crippen molar-refractivity contribution in [2.75, 3.05) is 5.75 Å². The van der Waals surface area contributed by atoms with E-state index in [1.54, 1.807) is 12.1 Å². The van der Waals surface area contributed by atoms with Crippen LogP contribution in [0.2, 0.25) is 0 Å². The van der Waals surface area contributed by atoms with Gasteiger partial charge >= 0.3 is 5.16 Å². The smallest absolute Gasteiger partial charge is 0.318 e. The third kappa shape index (κ3) is 3.68. The zero-order valence-corrected chi connectivity index (χ0v) is 16.4. The molecule has 0 spiro atoms. The van der Waals surface area contributed by atoms with Gasteiger partial charge in [0.1, 0.15) is 12.7 Å². The lowest BCUT2D eigenvalue weighted by Gasteiger charge is -2.10. The number of nitro groups is 1. The first-order chi connectivity index (χ1) is 12.2. The Labute approximate surface area is 166 Å². The molecule has 0 bridgehead atoms. The van der Waals surface area contributed by atoms with Crippen LogP contribution in [-0.4, -0.2) is 15.2 Å². The maximum atomic E-state index is 11.1. The Kier molecular flexibility index (Phi) is 5.78. The van der Waals surface area contributed by atoms with Crippen molar-refractivity contribution in [3.05, 3.63) is 76.5 Å². The monoisotopic (exact) mass is 431 g/mol. The summed E-state index contributed by atoms with van der Waals surface area (Å²) in [7, 11) is 0. The number of aryl methyl sites for hydroxylation is 1. The van der Waals surface area contributed by atoms with Gasteiger partial charge in [-0.1, -0.05) is 42.5 Å². The summed E-state index contributed by atoms with van der Waals surface area (Å²) in [4.78, 5) is 10.8. The Bertz CT molecular complexity index is 928. The van der Waals surface area contributed by atoms with E-state index in [1.807, 2.05) is 36.0 Å². The summed E-state index contributed by atoms with van der Waals surface area (Å²) in [6, 6.07) is 17.2. The molecule has 134 valence electrons. The van der Waals surface area contributed by atoms with Crippen molar-refractivity contribution >= 4 is 17.4 Å². The van der Waals surface area contributed by atoms with Gasteiger partial charge in [0.15, 0.2) is 5.69 Å². The van der Waals surface area contributed by atoms with Crippen LogP contribution < -0.4 is 21.5 Å². The predicted octanol–water partition coefficient (Wildman–Crippen LogP) is 0.899. The number of thioether (sulfide) groups is 1. The first-order valence-corrected chi connectivity index (χ1v) is 9.25. The SMILES string of the molecule is O=[N+]([O-])c1cccc(-c2c[n+]3c(n2Cc2ccccc2)SCCC3)c1.[Br-]. The summed E-state index contributed by atoms with van der Waals surface area (Å²) in [6.45, 7) is 1.75. The van der Waals surface area contributed by atoms with Gasteiger partial charge < -0.3 is 17.0 Å². The molecular formula is C19H18BrN3O2S. The van der Waals surface area contributed by atoms with Crippen molar-refractivity contribution in [1.82, 2.24) is 4.57 Å². The number of halogens is 1. The van der Waals surface area contributed by atoms with Crippen LogP contribution in [0.5, 0.6) is 0 Å². The van der Waals surface area contributed by atoms with Crippen LogP contribution in [0.4, 0.5) is 5.69 Å². The fourth-order valence-electron chi connectivity index (χ4n) is 3.18. The minimum Gasteiger partial charge on any atom is -1.00 e. The average molecular weight is 432 g/mol. The van der Waals surface area contributed by atoms with Crippen molar-refractivity contribution in [1.29, 1.82) is 0 Å². The molecule has 7 heteroatoms. The number of non-ortho nitro benzene ring substituents is 1. The fourth-order valence-corrected chi connectivity index (χ4v) is 4.26. The maximum absolute atomic E-state index is 11.1. The van der Waals surface area contributed by atoms with Gasteiger partial charge in [0.25, 0.3) is 5.69 Å². The van der Waals surface area contributed by atoms with Crippen molar-refractivity contribution in [3.63, 3.8) is 0 Å². The van der Waals surface area contributed by atoms with E-state index in [4.69, 9.17) is 0 Å². The lowest BCUT2D eigenvalue weighted by Crippen LogP contribution is -3.00. The van der Waals surface area contributed by atoms with Gasteiger partial charge in [-0.3, -0.25) is 10.1 Å². The van der Waals surface area contributed by atoms with E-state index >= 15 is 0 Å². The second kappa shape index (κ2) is 8.05. The molecule has 1 aliphatic rings. The molecular weight excluding hydrogens is 414 g/mol. The molecule has 2 aromatic carbocycles. The van der Waals surface area contributed by atoms with Gasteiger partial charge in [-0.15, -0.1) is 0 Å². The molecule has 5 nitrogen and oxygen atoms in total. The van der Waals surface area contributed by atoms with E-state index in [0.717, 1.165) is 36.5 Å². The molecule has 0 saturated carbocycles. The number of hydrogen-bond acceptors (Lipinski definition) is 3. The van der Waals surface area contributed by atoms with E-state index in [1.165, 1.54) is 16.8 Å². The average Bonchev–Trinajstić information content (AvgIpc) is 3.01. The van der Waals surface area contributed by atoms with Gasteiger partial charge in [0.05, 0.1) is 11.5 Å². The Morgan fingerprint density at radius 2 is 1.96 bits per heavy atom. The first kappa shape index (κ1) is 18.7. The normalized spacial score (nSPS) is 12.9. The quantitative estimate of drug-likeness (QED) is 0.350. The third-order valence-corrected chi connectivity index (χ3v) is 5.56. The van der Waals surface area contributed by atoms with Crippen LogP contribution in [0, 0.1) is 10.1 Å². The van der Waals surface area contributed by atoms with Gasteiger partial charge in [0.2, 0.25) is 0 Å². The number of nitro benzene ring substituents is 1. The molecule has 4 rings (SSSR count). The van der Waals surface area contributed by atoms with E-state index in [2.05, 4.69) is 27.5 Å². The highest BCUT2D eigenvalue weighted by Crippen LogP contribution is 2.30. The second-order valence-electron chi connectivity index (χ2n) is 6.07. The summed E-state index contributed by atoms with van der Waals surface area (Å²) < 4.78 is 4.55. The van der Waals surface area contributed by atoms with E-state index in [0.29, 0.717) is 0 Å². The Hall–Kier alpha value is -2.12. The molecule has 3 aromatic rings. The number of aromatic nitrogens is 2. The number of benzene rings is 2. The minimum absolute atomic E-state index is 0. The maximum Gasteiger partial charge on any atom is 0.318 e. The van der Waals surface area contributed by atoms with E-state index < -0.39 is 0 Å². The van der Waals surface area contributed by atoms with Crippen LogP contribution in [0.1, 0.15) is 12.0 Å². The van der Waals surface area contributed by atoms with Crippen LogP contribution in [0.15, 0.2) is 66.0 Å². The molecule has 0 N–H and O–H groups in total. The summed E-state index contributed by atoms with van der Waals surface area (Å²) in [5.74, 6) is 1.10. The summed E-state index contributed by atoms with van der Waals surface area (Å²) in [5.41, 5.74) is 3.25. The molecule has 0 aliphatic carbocycles. The molecule has 0 radical (unpaired) electrons. The molecule has 0 unspecified atom stereocenters. The zero-order chi connectivity index (χ0) is 17.2. The standard InChI is InChI=1S/C19H18N3O2S.BrH/c23-22(24)17-9-4-8-16(12-17)18-14-20-10-5-11-25-19(20)21(18)13-15-6-2-1-3-7-15;/h1-4,6-9,12,14H,5,10-11,13H2;1H/q+1;/p-1. The van der Waals surface area contributed by atoms with Crippen LogP contribution in [0.3, 0.4) is 0 Å². The number of imidazole rings is 1. The topological polar surface area (TPSA) is 52.0 Å². The highest BCUT2D eigenvalue weighted by molar-refractivity contribution is 7.99. The summed E-state index contributed by atoms with van der Waals surface area (Å²) in [5, 5.41) is 12.4. The molecule has 2 heterocycles.